The van der Waals surface area contributed by atoms with Crippen molar-refractivity contribution in [3.8, 4) is 0 Å². The second-order valence-corrected chi connectivity index (χ2v) is 6.60. The van der Waals surface area contributed by atoms with Crippen LogP contribution < -0.4 is 5.32 Å². The number of amides is 1. The minimum absolute atomic E-state index is 0.0375. The first-order valence-electron chi connectivity index (χ1n) is 8.21. The van der Waals surface area contributed by atoms with E-state index < -0.39 is 0 Å². The number of hydrogen-bond acceptors (Lipinski definition) is 3. The lowest BCUT2D eigenvalue weighted by Crippen LogP contribution is -2.29. The van der Waals surface area contributed by atoms with Gasteiger partial charge in [0, 0.05) is 24.3 Å². The zero-order valence-electron chi connectivity index (χ0n) is 14.1. The van der Waals surface area contributed by atoms with Crippen molar-refractivity contribution >= 4 is 17.7 Å². The highest BCUT2D eigenvalue weighted by Crippen LogP contribution is 2.22. The van der Waals surface area contributed by atoms with Gasteiger partial charge in [0.2, 0.25) is 0 Å². The van der Waals surface area contributed by atoms with Gasteiger partial charge in [-0.15, -0.1) is 11.8 Å². The number of carbonyl (C=O) groups excluding carboxylic acids is 1. The third-order valence-corrected chi connectivity index (χ3v) is 4.81. The highest BCUT2D eigenvalue weighted by molar-refractivity contribution is 7.99. The number of hydrogen-bond donors (Lipinski definition) is 1. The summed E-state index contributed by atoms with van der Waals surface area (Å²) in [6, 6.07) is 7.80. The van der Waals surface area contributed by atoms with E-state index in [0.29, 0.717) is 12.5 Å². The van der Waals surface area contributed by atoms with Crippen molar-refractivity contribution in [1.82, 2.24) is 5.32 Å². The number of rotatable bonds is 11. The molecule has 0 bridgehead atoms. The smallest absolute Gasteiger partial charge is 0.252 e. The molecule has 124 valence electrons. The number of nitrogens with one attached hydrogen (secondary N) is 1. The fourth-order valence-electron chi connectivity index (χ4n) is 2.29. The van der Waals surface area contributed by atoms with Gasteiger partial charge in [0.1, 0.15) is 0 Å². The molecule has 0 aliphatic heterocycles. The summed E-state index contributed by atoms with van der Waals surface area (Å²) >= 11 is 1.67. The Morgan fingerprint density at radius 3 is 2.77 bits per heavy atom. The molecule has 3 nitrogen and oxygen atoms in total. The number of benzene rings is 1. The van der Waals surface area contributed by atoms with Crippen molar-refractivity contribution in [1.29, 1.82) is 0 Å². The third kappa shape index (κ3) is 6.84. The van der Waals surface area contributed by atoms with Crippen LogP contribution in [0.15, 0.2) is 29.2 Å². The van der Waals surface area contributed by atoms with Gasteiger partial charge in [0.15, 0.2) is 0 Å². The first-order valence-corrected chi connectivity index (χ1v) is 9.20. The average molecular weight is 324 g/mol. The molecular formula is C18H29NO2S. The van der Waals surface area contributed by atoms with E-state index in [1.54, 1.807) is 18.9 Å². The number of unbranched alkanes of at least 4 members (excludes halogenated alkanes) is 1. The highest BCUT2D eigenvalue weighted by atomic mass is 32.2. The molecule has 0 unspecified atom stereocenters. The van der Waals surface area contributed by atoms with Crippen LogP contribution >= 0.6 is 11.8 Å². The third-order valence-electron chi connectivity index (χ3n) is 3.77. The lowest BCUT2D eigenvalue weighted by molar-refractivity contribution is 0.0943. The van der Waals surface area contributed by atoms with Crippen LogP contribution in [0.3, 0.4) is 0 Å². The second-order valence-electron chi connectivity index (χ2n) is 5.46. The van der Waals surface area contributed by atoms with Gasteiger partial charge in [-0.3, -0.25) is 4.79 Å². The molecular weight excluding hydrogens is 294 g/mol. The number of methoxy groups -OCH3 is 1. The van der Waals surface area contributed by atoms with Crippen LogP contribution in [0.1, 0.15) is 49.9 Å². The Bertz CT molecular complexity index is 437. The van der Waals surface area contributed by atoms with Crippen LogP contribution in [0, 0.1) is 5.92 Å². The van der Waals surface area contributed by atoms with E-state index in [4.69, 9.17) is 4.74 Å². The zero-order valence-corrected chi connectivity index (χ0v) is 14.9. The molecule has 1 amide bonds. The lowest BCUT2D eigenvalue weighted by Gasteiger charge is -2.16. The number of thioether (sulfide) groups is 1. The summed E-state index contributed by atoms with van der Waals surface area (Å²) in [5.41, 5.74) is 0.772. The maximum atomic E-state index is 12.4. The maximum absolute atomic E-state index is 12.4. The monoisotopic (exact) mass is 323 g/mol. The highest BCUT2D eigenvalue weighted by Gasteiger charge is 2.13. The Hall–Kier alpha value is -1.00. The van der Waals surface area contributed by atoms with Gasteiger partial charge in [0.05, 0.1) is 12.2 Å². The fourth-order valence-corrected chi connectivity index (χ4v) is 3.25. The molecule has 4 heteroatoms. The van der Waals surface area contributed by atoms with E-state index in [1.807, 2.05) is 24.3 Å². The molecule has 1 rings (SSSR count). The van der Waals surface area contributed by atoms with E-state index in [0.717, 1.165) is 29.2 Å². The molecule has 0 heterocycles. The summed E-state index contributed by atoms with van der Waals surface area (Å²) < 4.78 is 5.07. The fraction of sp³-hybridized carbons (Fsp3) is 0.611. The average Bonchev–Trinajstić information content (AvgIpc) is 2.55. The molecule has 0 aliphatic rings. The molecule has 1 aromatic carbocycles. The SMILES string of the molecule is CCCC[C@@H](CC)CNC(=O)c1ccccc1SCCOC. The van der Waals surface area contributed by atoms with Gasteiger partial charge in [-0.05, 0) is 24.5 Å². The van der Waals surface area contributed by atoms with Crippen molar-refractivity contribution in [2.45, 2.75) is 44.4 Å². The topological polar surface area (TPSA) is 38.3 Å². The molecule has 1 N–H and O–H groups in total. The van der Waals surface area contributed by atoms with Gasteiger partial charge in [0.25, 0.3) is 5.91 Å². The van der Waals surface area contributed by atoms with Crippen LogP contribution in [0.25, 0.3) is 0 Å². The Kier molecular flexibility index (Phi) is 10.0. The molecule has 0 aromatic heterocycles. The van der Waals surface area contributed by atoms with Crippen molar-refractivity contribution in [2.75, 3.05) is 26.0 Å². The summed E-state index contributed by atoms with van der Waals surface area (Å²) in [5.74, 6) is 1.47. The van der Waals surface area contributed by atoms with Crippen LogP contribution in [0.5, 0.6) is 0 Å². The van der Waals surface area contributed by atoms with Crippen LogP contribution in [0.4, 0.5) is 0 Å². The Morgan fingerprint density at radius 2 is 2.09 bits per heavy atom. The molecule has 1 aromatic rings. The predicted molar refractivity (Wildman–Crippen MR) is 94.7 cm³/mol. The molecule has 22 heavy (non-hydrogen) atoms. The largest absolute Gasteiger partial charge is 0.384 e. The Balaban J connectivity index is 2.57. The van der Waals surface area contributed by atoms with E-state index in [1.165, 1.54) is 19.3 Å². The minimum Gasteiger partial charge on any atom is -0.384 e. The van der Waals surface area contributed by atoms with Crippen molar-refractivity contribution in [3.05, 3.63) is 29.8 Å². The quantitative estimate of drug-likeness (QED) is 0.485. The molecule has 1 atom stereocenters. The molecule has 0 fully saturated rings. The maximum Gasteiger partial charge on any atom is 0.252 e. The molecule has 0 saturated carbocycles. The first-order chi connectivity index (χ1) is 10.7. The van der Waals surface area contributed by atoms with E-state index in [2.05, 4.69) is 19.2 Å². The molecule has 0 radical (unpaired) electrons. The summed E-state index contributed by atoms with van der Waals surface area (Å²) in [4.78, 5) is 13.5. The Morgan fingerprint density at radius 1 is 1.32 bits per heavy atom. The van der Waals surface area contributed by atoms with E-state index in [-0.39, 0.29) is 5.91 Å². The van der Waals surface area contributed by atoms with Gasteiger partial charge in [-0.2, -0.15) is 0 Å². The summed E-state index contributed by atoms with van der Waals surface area (Å²) in [7, 11) is 1.69. The molecule has 0 saturated heterocycles. The molecule has 0 spiro atoms. The lowest BCUT2D eigenvalue weighted by atomic mass is 9.99. The first kappa shape index (κ1) is 19.0. The summed E-state index contributed by atoms with van der Waals surface area (Å²) in [5, 5.41) is 3.11. The van der Waals surface area contributed by atoms with Crippen molar-refractivity contribution < 1.29 is 9.53 Å². The van der Waals surface area contributed by atoms with Crippen LogP contribution in [0.2, 0.25) is 0 Å². The predicted octanol–water partition coefficient (Wildman–Crippen LogP) is 4.37. The van der Waals surface area contributed by atoms with Gasteiger partial charge >= 0.3 is 0 Å². The number of carbonyl (C=O) groups is 1. The second kappa shape index (κ2) is 11.6. The number of ether oxygens (including phenoxy) is 1. The van der Waals surface area contributed by atoms with Crippen LogP contribution in [-0.2, 0) is 4.74 Å². The van der Waals surface area contributed by atoms with Crippen molar-refractivity contribution in [2.24, 2.45) is 5.92 Å². The van der Waals surface area contributed by atoms with Crippen molar-refractivity contribution in [3.63, 3.8) is 0 Å². The molecule has 0 aliphatic carbocycles. The summed E-state index contributed by atoms with van der Waals surface area (Å²) in [6.45, 7) is 5.86. The standard InChI is InChI=1S/C18H29NO2S/c1-4-6-9-15(5-2)14-19-18(20)16-10-7-8-11-17(16)22-13-12-21-3/h7-8,10-11,15H,4-6,9,12-14H2,1-3H3,(H,19,20)/t15-/m1/s1. The zero-order chi connectivity index (χ0) is 16.2. The summed E-state index contributed by atoms with van der Waals surface area (Å²) in [6.07, 6.45) is 4.75. The van der Waals surface area contributed by atoms with E-state index >= 15 is 0 Å². The van der Waals surface area contributed by atoms with Gasteiger partial charge in [-0.25, -0.2) is 0 Å². The van der Waals surface area contributed by atoms with E-state index in [9.17, 15) is 4.79 Å². The normalized spacial score (nSPS) is 12.1. The minimum atomic E-state index is 0.0375. The van der Waals surface area contributed by atoms with Crippen LogP contribution in [-0.4, -0.2) is 31.9 Å². The van der Waals surface area contributed by atoms with Gasteiger partial charge < -0.3 is 10.1 Å². The van der Waals surface area contributed by atoms with Gasteiger partial charge in [-0.1, -0.05) is 45.2 Å². The Labute approximate surface area is 139 Å².